The highest BCUT2D eigenvalue weighted by atomic mass is 32.2. The van der Waals surface area contributed by atoms with Crippen molar-refractivity contribution >= 4 is 17.6 Å². The number of nitrogens with zero attached hydrogens (tertiary/aromatic N) is 1. The minimum Gasteiger partial charge on any atom is -0.369 e. The summed E-state index contributed by atoms with van der Waals surface area (Å²) in [6.45, 7) is 1.44. The summed E-state index contributed by atoms with van der Waals surface area (Å²) in [6, 6.07) is 2.16. The number of hydrogen-bond acceptors (Lipinski definition) is 4. The van der Waals surface area contributed by atoms with Crippen LogP contribution < -0.4 is 11.1 Å². The second-order valence-corrected chi connectivity index (χ2v) is 4.46. The molecule has 0 atom stereocenters. The highest BCUT2D eigenvalue weighted by molar-refractivity contribution is 7.98. The standard InChI is InChI=1S/C10H15N3S/c11-2-3-12-10-5-8-1-4-14-7-9(8)6-13-10/h5-6H,1-4,7,11H2,(H,12,13). The maximum absolute atomic E-state index is 5.42. The number of pyridine rings is 1. The van der Waals surface area contributed by atoms with E-state index in [0.717, 1.165) is 18.1 Å². The zero-order valence-corrected chi connectivity index (χ0v) is 8.94. The second kappa shape index (κ2) is 4.66. The minimum atomic E-state index is 0.647. The third-order valence-electron chi connectivity index (χ3n) is 2.31. The number of aromatic nitrogens is 1. The first-order valence-electron chi connectivity index (χ1n) is 4.89. The first kappa shape index (κ1) is 9.80. The Hall–Kier alpha value is -0.740. The summed E-state index contributed by atoms with van der Waals surface area (Å²) in [6.07, 6.45) is 3.15. The van der Waals surface area contributed by atoms with Gasteiger partial charge >= 0.3 is 0 Å². The summed E-state index contributed by atoms with van der Waals surface area (Å²) >= 11 is 1.98. The van der Waals surface area contributed by atoms with E-state index in [2.05, 4.69) is 16.4 Å². The van der Waals surface area contributed by atoms with Crippen molar-refractivity contribution in [1.29, 1.82) is 0 Å². The molecule has 0 radical (unpaired) electrons. The second-order valence-electron chi connectivity index (χ2n) is 3.36. The van der Waals surface area contributed by atoms with Crippen LogP contribution in [0.5, 0.6) is 0 Å². The van der Waals surface area contributed by atoms with Crippen LogP contribution in [-0.2, 0) is 12.2 Å². The van der Waals surface area contributed by atoms with Gasteiger partial charge in [-0.25, -0.2) is 4.98 Å². The van der Waals surface area contributed by atoms with Gasteiger partial charge in [0.05, 0.1) is 0 Å². The Morgan fingerprint density at radius 2 is 2.43 bits per heavy atom. The van der Waals surface area contributed by atoms with Gasteiger partial charge in [-0.3, -0.25) is 0 Å². The first-order valence-corrected chi connectivity index (χ1v) is 6.05. The maximum Gasteiger partial charge on any atom is 0.126 e. The van der Waals surface area contributed by atoms with Crippen molar-refractivity contribution < 1.29 is 0 Å². The molecule has 2 heterocycles. The molecule has 0 fully saturated rings. The Labute approximate surface area is 88.5 Å². The number of anilines is 1. The van der Waals surface area contributed by atoms with Crippen molar-refractivity contribution in [2.75, 3.05) is 24.2 Å². The van der Waals surface area contributed by atoms with Gasteiger partial charge in [0.1, 0.15) is 5.82 Å². The summed E-state index contributed by atoms with van der Waals surface area (Å²) in [5.41, 5.74) is 8.25. The molecule has 1 aliphatic rings. The molecule has 0 spiro atoms. The Kier molecular flexibility index (Phi) is 3.26. The molecule has 0 unspecified atom stereocenters. The fourth-order valence-electron chi connectivity index (χ4n) is 1.55. The summed E-state index contributed by atoms with van der Waals surface area (Å²) in [4.78, 5) is 4.35. The monoisotopic (exact) mass is 209 g/mol. The Morgan fingerprint density at radius 3 is 3.29 bits per heavy atom. The molecule has 3 nitrogen and oxygen atoms in total. The number of rotatable bonds is 3. The van der Waals surface area contributed by atoms with E-state index in [9.17, 15) is 0 Å². The van der Waals surface area contributed by atoms with E-state index in [0.29, 0.717) is 6.54 Å². The van der Waals surface area contributed by atoms with Crippen LogP contribution in [0.15, 0.2) is 12.3 Å². The molecule has 14 heavy (non-hydrogen) atoms. The van der Waals surface area contributed by atoms with E-state index in [4.69, 9.17) is 5.73 Å². The average molecular weight is 209 g/mol. The van der Waals surface area contributed by atoms with Gasteiger partial charge in [0, 0.05) is 25.0 Å². The molecule has 1 aromatic heterocycles. The summed E-state index contributed by atoms with van der Waals surface area (Å²) < 4.78 is 0. The minimum absolute atomic E-state index is 0.647. The van der Waals surface area contributed by atoms with E-state index in [1.165, 1.54) is 23.3 Å². The number of fused-ring (bicyclic) bond motifs is 1. The van der Waals surface area contributed by atoms with E-state index in [1.54, 1.807) is 0 Å². The molecule has 0 saturated carbocycles. The number of aryl methyl sites for hydroxylation is 1. The first-order chi connectivity index (χ1) is 6.90. The zero-order chi connectivity index (χ0) is 9.80. The van der Waals surface area contributed by atoms with Crippen LogP contribution >= 0.6 is 11.8 Å². The zero-order valence-electron chi connectivity index (χ0n) is 8.12. The molecule has 0 amide bonds. The lowest BCUT2D eigenvalue weighted by molar-refractivity contribution is 0.997. The Morgan fingerprint density at radius 1 is 1.50 bits per heavy atom. The molecule has 76 valence electrons. The largest absolute Gasteiger partial charge is 0.369 e. The molecule has 3 N–H and O–H groups in total. The predicted octanol–water partition coefficient (Wildman–Crippen LogP) is 1.24. The van der Waals surface area contributed by atoms with Crippen molar-refractivity contribution in [2.45, 2.75) is 12.2 Å². The lowest BCUT2D eigenvalue weighted by atomic mass is 10.1. The molecule has 4 heteroatoms. The number of nitrogens with two attached hydrogens (primary N) is 1. The number of hydrogen-bond donors (Lipinski definition) is 2. The molecule has 2 rings (SSSR count). The van der Waals surface area contributed by atoms with Crippen molar-refractivity contribution in [3.05, 3.63) is 23.4 Å². The van der Waals surface area contributed by atoms with Gasteiger partial charge in [0.25, 0.3) is 0 Å². The quantitative estimate of drug-likeness (QED) is 0.786. The van der Waals surface area contributed by atoms with Crippen molar-refractivity contribution in [3.8, 4) is 0 Å². The molecule has 1 aliphatic heterocycles. The van der Waals surface area contributed by atoms with E-state index in [-0.39, 0.29) is 0 Å². The van der Waals surface area contributed by atoms with Gasteiger partial charge in [-0.15, -0.1) is 0 Å². The highest BCUT2D eigenvalue weighted by Crippen LogP contribution is 2.25. The van der Waals surface area contributed by atoms with Crippen molar-refractivity contribution in [1.82, 2.24) is 4.98 Å². The molecule has 0 aliphatic carbocycles. The summed E-state index contributed by atoms with van der Waals surface area (Å²) in [5.74, 6) is 3.30. The van der Waals surface area contributed by atoms with Gasteiger partial charge < -0.3 is 11.1 Å². The van der Waals surface area contributed by atoms with Crippen LogP contribution in [0.25, 0.3) is 0 Å². The van der Waals surface area contributed by atoms with Crippen LogP contribution in [0.4, 0.5) is 5.82 Å². The Bertz CT molecular complexity index is 314. The van der Waals surface area contributed by atoms with Crippen LogP contribution in [0.2, 0.25) is 0 Å². The number of nitrogens with one attached hydrogen (secondary N) is 1. The maximum atomic E-state index is 5.42. The SMILES string of the molecule is NCCNc1cc2c(cn1)CSCC2. The molecule has 0 saturated heterocycles. The van der Waals surface area contributed by atoms with Crippen molar-refractivity contribution in [3.63, 3.8) is 0 Å². The normalized spacial score (nSPS) is 14.9. The van der Waals surface area contributed by atoms with Crippen LogP contribution in [0.3, 0.4) is 0 Å². The van der Waals surface area contributed by atoms with Gasteiger partial charge in [0.15, 0.2) is 0 Å². The Balaban J connectivity index is 2.12. The van der Waals surface area contributed by atoms with Crippen LogP contribution in [0.1, 0.15) is 11.1 Å². The average Bonchev–Trinajstić information content (AvgIpc) is 2.26. The molecule has 0 bridgehead atoms. The predicted molar refractivity (Wildman–Crippen MR) is 61.6 cm³/mol. The summed E-state index contributed by atoms with van der Waals surface area (Å²) in [5, 5.41) is 3.20. The van der Waals surface area contributed by atoms with Gasteiger partial charge in [0.2, 0.25) is 0 Å². The smallest absolute Gasteiger partial charge is 0.126 e. The molecule has 0 aromatic carbocycles. The van der Waals surface area contributed by atoms with Crippen molar-refractivity contribution in [2.24, 2.45) is 5.73 Å². The highest BCUT2D eigenvalue weighted by Gasteiger charge is 2.09. The van der Waals surface area contributed by atoms with Gasteiger partial charge in [-0.05, 0) is 29.4 Å². The summed E-state index contributed by atoms with van der Waals surface area (Å²) in [7, 11) is 0. The lowest BCUT2D eigenvalue weighted by Crippen LogP contribution is -2.14. The molecular formula is C10H15N3S. The topological polar surface area (TPSA) is 50.9 Å². The van der Waals surface area contributed by atoms with Crippen LogP contribution in [0, 0.1) is 0 Å². The van der Waals surface area contributed by atoms with E-state index >= 15 is 0 Å². The van der Waals surface area contributed by atoms with Gasteiger partial charge in [-0.1, -0.05) is 0 Å². The van der Waals surface area contributed by atoms with Crippen LogP contribution in [-0.4, -0.2) is 23.8 Å². The fourth-order valence-corrected chi connectivity index (χ4v) is 2.54. The van der Waals surface area contributed by atoms with E-state index < -0.39 is 0 Å². The van der Waals surface area contributed by atoms with Gasteiger partial charge in [-0.2, -0.15) is 11.8 Å². The molecular weight excluding hydrogens is 194 g/mol. The number of thioether (sulfide) groups is 1. The third-order valence-corrected chi connectivity index (χ3v) is 3.31. The fraction of sp³-hybridized carbons (Fsp3) is 0.500. The molecule has 1 aromatic rings. The lowest BCUT2D eigenvalue weighted by Gasteiger charge is -2.15. The van der Waals surface area contributed by atoms with E-state index in [1.807, 2.05) is 18.0 Å². The third kappa shape index (κ3) is 2.19.